The van der Waals surface area contributed by atoms with E-state index in [0.29, 0.717) is 5.56 Å². The number of aromatic nitrogens is 2. The van der Waals surface area contributed by atoms with E-state index in [1.807, 2.05) is 24.4 Å². The zero-order valence-corrected chi connectivity index (χ0v) is 16.2. The lowest BCUT2D eigenvalue weighted by Crippen LogP contribution is -2.16. The number of nitrogens with one attached hydrogen (secondary N) is 2. The number of amides is 1. The molecule has 146 valence electrons. The van der Waals surface area contributed by atoms with Crippen LogP contribution in [-0.2, 0) is 19.4 Å². The van der Waals surface area contributed by atoms with Gasteiger partial charge in [0.2, 0.25) is 5.91 Å². The molecular formula is C24H24N4O. The number of pyridine rings is 1. The number of aromatic amines is 1. The lowest BCUT2D eigenvalue weighted by Gasteiger charge is -2.07. The van der Waals surface area contributed by atoms with E-state index in [0.717, 1.165) is 37.0 Å². The van der Waals surface area contributed by atoms with Crippen LogP contribution in [0.25, 0.3) is 10.9 Å². The Morgan fingerprint density at radius 3 is 2.62 bits per heavy atom. The molecule has 0 fully saturated rings. The first-order chi connectivity index (χ1) is 14.2. The Bertz CT molecular complexity index is 1100. The smallest absolute Gasteiger partial charge is 0.248 e. The van der Waals surface area contributed by atoms with E-state index in [1.54, 1.807) is 18.3 Å². The van der Waals surface area contributed by atoms with Gasteiger partial charge in [-0.1, -0.05) is 24.3 Å². The second-order valence-electron chi connectivity index (χ2n) is 7.22. The quantitative estimate of drug-likeness (QED) is 0.406. The largest absolute Gasteiger partial charge is 0.366 e. The van der Waals surface area contributed by atoms with Crippen LogP contribution in [-0.4, -0.2) is 22.4 Å². The number of carbonyl (C=O) groups is 1. The van der Waals surface area contributed by atoms with Crippen molar-refractivity contribution in [2.75, 3.05) is 6.54 Å². The molecule has 0 aliphatic rings. The number of hydrogen-bond donors (Lipinski definition) is 3. The van der Waals surface area contributed by atoms with Crippen molar-refractivity contribution in [2.24, 2.45) is 5.73 Å². The average Bonchev–Trinajstić information content (AvgIpc) is 3.14. The minimum atomic E-state index is -0.399. The van der Waals surface area contributed by atoms with E-state index in [-0.39, 0.29) is 0 Å². The van der Waals surface area contributed by atoms with Crippen LogP contribution >= 0.6 is 0 Å². The summed E-state index contributed by atoms with van der Waals surface area (Å²) < 4.78 is 0. The second kappa shape index (κ2) is 8.71. The number of benzene rings is 2. The molecule has 4 N–H and O–H groups in total. The average molecular weight is 384 g/mol. The number of carbonyl (C=O) groups excluding carboxylic acids is 1. The fourth-order valence-electron chi connectivity index (χ4n) is 3.50. The molecule has 29 heavy (non-hydrogen) atoms. The van der Waals surface area contributed by atoms with Crippen LogP contribution in [0.5, 0.6) is 0 Å². The molecule has 5 heteroatoms. The highest BCUT2D eigenvalue weighted by Gasteiger charge is 2.07. The first-order valence-corrected chi connectivity index (χ1v) is 9.76. The van der Waals surface area contributed by atoms with Gasteiger partial charge in [-0.2, -0.15) is 0 Å². The monoisotopic (exact) mass is 384 g/mol. The van der Waals surface area contributed by atoms with Gasteiger partial charge in [0.25, 0.3) is 0 Å². The van der Waals surface area contributed by atoms with Gasteiger partial charge in [0.1, 0.15) is 0 Å². The molecule has 0 unspecified atom stereocenters. The van der Waals surface area contributed by atoms with Crippen molar-refractivity contribution in [1.29, 1.82) is 0 Å². The van der Waals surface area contributed by atoms with Crippen LogP contribution in [0.15, 0.2) is 73.2 Å². The van der Waals surface area contributed by atoms with Crippen molar-refractivity contribution in [3.05, 3.63) is 101 Å². The molecular weight excluding hydrogens is 360 g/mol. The molecule has 4 rings (SSSR count). The topological polar surface area (TPSA) is 83.8 Å². The summed E-state index contributed by atoms with van der Waals surface area (Å²) in [6, 6.07) is 18.1. The Balaban J connectivity index is 1.41. The third-order valence-corrected chi connectivity index (χ3v) is 5.11. The molecule has 0 atom stereocenters. The fourth-order valence-corrected chi connectivity index (χ4v) is 3.50. The maximum absolute atomic E-state index is 11.2. The first kappa shape index (κ1) is 18.9. The molecule has 0 spiro atoms. The van der Waals surface area contributed by atoms with E-state index in [9.17, 15) is 4.79 Å². The van der Waals surface area contributed by atoms with Gasteiger partial charge in [-0.05, 0) is 72.0 Å². The summed E-state index contributed by atoms with van der Waals surface area (Å²) in [6.45, 7) is 1.74. The van der Waals surface area contributed by atoms with Crippen LogP contribution in [0.2, 0.25) is 0 Å². The molecule has 0 saturated carbocycles. The summed E-state index contributed by atoms with van der Waals surface area (Å²) in [5.41, 5.74) is 11.9. The first-order valence-electron chi connectivity index (χ1n) is 9.76. The Hall–Kier alpha value is -3.44. The van der Waals surface area contributed by atoms with Crippen molar-refractivity contribution in [2.45, 2.75) is 19.4 Å². The number of nitrogens with two attached hydrogens (primary N) is 1. The number of fused-ring (bicyclic) bond motifs is 1. The van der Waals surface area contributed by atoms with Crippen LogP contribution in [0, 0.1) is 0 Å². The molecule has 0 bridgehead atoms. The molecule has 0 aliphatic carbocycles. The zero-order valence-electron chi connectivity index (χ0n) is 16.2. The van der Waals surface area contributed by atoms with Crippen LogP contribution < -0.4 is 11.1 Å². The molecule has 0 radical (unpaired) electrons. The lowest BCUT2D eigenvalue weighted by atomic mass is 10.0. The SMILES string of the molecule is NC(=O)c1ccc(Cc2c[nH]c3ccc(CNCCc4cccnc4)cc23)cc1. The zero-order chi connectivity index (χ0) is 20.1. The van der Waals surface area contributed by atoms with Gasteiger partial charge in [-0.15, -0.1) is 0 Å². The Labute approximate surface area is 170 Å². The summed E-state index contributed by atoms with van der Waals surface area (Å²) in [4.78, 5) is 18.7. The van der Waals surface area contributed by atoms with E-state index in [4.69, 9.17) is 5.73 Å². The number of primary amides is 1. The number of hydrogen-bond acceptors (Lipinski definition) is 3. The van der Waals surface area contributed by atoms with Gasteiger partial charge in [-0.3, -0.25) is 9.78 Å². The summed E-state index contributed by atoms with van der Waals surface area (Å²) in [5.74, 6) is -0.399. The Morgan fingerprint density at radius 1 is 1.03 bits per heavy atom. The van der Waals surface area contributed by atoms with Gasteiger partial charge in [0.15, 0.2) is 0 Å². The summed E-state index contributed by atoms with van der Waals surface area (Å²) in [5, 5.41) is 4.74. The van der Waals surface area contributed by atoms with Crippen LogP contribution in [0.4, 0.5) is 0 Å². The molecule has 1 amide bonds. The second-order valence-corrected chi connectivity index (χ2v) is 7.22. The highest BCUT2D eigenvalue weighted by Crippen LogP contribution is 2.23. The molecule has 0 aliphatic heterocycles. The highest BCUT2D eigenvalue weighted by atomic mass is 16.1. The predicted molar refractivity (Wildman–Crippen MR) is 116 cm³/mol. The van der Waals surface area contributed by atoms with E-state index in [2.05, 4.69) is 45.7 Å². The van der Waals surface area contributed by atoms with Gasteiger partial charge in [0, 0.05) is 41.6 Å². The predicted octanol–water partition coefficient (Wildman–Crippen LogP) is 3.58. The van der Waals surface area contributed by atoms with Gasteiger partial charge in [0.05, 0.1) is 0 Å². The van der Waals surface area contributed by atoms with Gasteiger partial charge < -0.3 is 16.0 Å². The maximum atomic E-state index is 11.2. The molecule has 0 saturated heterocycles. The van der Waals surface area contributed by atoms with E-state index in [1.165, 1.54) is 22.1 Å². The summed E-state index contributed by atoms with van der Waals surface area (Å²) in [7, 11) is 0. The number of H-pyrrole nitrogens is 1. The minimum Gasteiger partial charge on any atom is -0.366 e. The summed E-state index contributed by atoms with van der Waals surface area (Å²) in [6.07, 6.45) is 7.54. The van der Waals surface area contributed by atoms with Crippen molar-refractivity contribution in [1.82, 2.24) is 15.3 Å². The Morgan fingerprint density at radius 2 is 1.86 bits per heavy atom. The molecule has 5 nitrogen and oxygen atoms in total. The summed E-state index contributed by atoms with van der Waals surface area (Å²) >= 11 is 0. The standard InChI is InChI=1S/C24H24N4O/c25-24(29)20-6-3-17(4-7-20)12-21-16-28-23-8-5-19(13-22(21)23)15-27-11-9-18-2-1-10-26-14-18/h1-8,10,13-14,16,27-28H,9,11-12,15H2,(H2,25,29). The van der Waals surface area contributed by atoms with Crippen molar-refractivity contribution in [3.63, 3.8) is 0 Å². The third-order valence-electron chi connectivity index (χ3n) is 5.11. The number of nitrogens with zero attached hydrogens (tertiary/aromatic N) is 1. The molecule has 4 aromatic rings. The molecule has 2 aromatic carbocycles. The van der Waals surface area contributed by atoms with Crippen molar-refractivity contribution >= 4 is 16.8 Å². The van der Waals surface area contributed by atoms with Crippen LogP contribution in [0.3, 0.4) is 0 Å². The fraction of sp³-hybridized carbons (Fsp3) is 0.167. The minimum absolute atomic E-state index is 0.399. The molecule has 2 aromatic heterocycles. The van der Waals surface area contributed by atoms with Gasteiger partial charge >= 0.3 is 0 Å². The maximum Gasteiger partial charge on any atom is 0.248 e. The van der Waals surface area contributed by atoms with E-state index < -0.39 is 5.91 Å². The van der Waals surface area contributed by atoms with Gasteiger partial charge in [-0.25, -0.2) is 0 Å². The normalized spacial score (nSPS) is 11.0. The number of rotatable bonds is 8. The molecule has 2 heterocycles. The van der Waals surface area contributed by atoms with Crippen LogP contribution in [0.1, 0.15) is 32.6 Å². The lowest BCUT2D eigenvalue weighted by molar-refractivity contribution is 0.100. The van der Waals surface area contributed by atoms with Crippen molar-refractivity contribution in [3.8, 4) is 0 Å². The Kier molecular flexibility index (Phi) is 5.68. The van der Waals surface area contributed by atoms with Crippen molar-refractivity contribution < 1.29 is 4.79 Å². The van der Waals surface area contributed by atoms with E-state index >= 15 is 0 Å². The highest BCUT2D eigenvalue weighted by molar-refractivity contribution is 5.92. The third kappa shape index (κ3) is 4.70.